The van der Waals surface area contributed by atoms with Gasteiger partial charge in [0.15, 0.2) is 11.5 Å². The summed E-state index contributed by atoms with van der Waals surface area (Å²) in [6.07, 6.45) is 1.72. The molecule has 166 valence electrons. The molecule has 1 aromatic carbocycles. The number of rotatable bonds is 6. The van der Waals surface area contributed by atoms with E-state index in [0.29, 0.717) is 51.0 Å². The van der Waals surface area contributed by atoms with Crippen LogP contribution in [0.25, 0.3) is 0 Å². The second kappa shape index (κ2) is 8.97. The number of nitrogens with zero attached hydrogens (tertiary/aromatic N) is 5. The van der Waals surface area contributed by atoms with E-state index in [-0.39, 0.29) is 5.69 Å². The van der Waals surface area contributed by atoms with Gasteiger partial charge in [0.2, 0.25) is 0 Å². The van der Waals surface area contributed by atoms with Gasteiger partial charge >= 0.3 is 0 Å². The summed E-state index contributed by atoms with van der Waals surface area (Å²) in [5, 5.41) is 17.2. The number of hydrogen-bond acceptors (Lipinski definition) is 5. The van der Waals surface area contributed by atoms with Crippen LogP contribution in [0.3, 0.4) is 0 Å². The Morgan fingerprint density at radius 2 is 1.75 bits per heavy atom. The summed E-state index contributed by atoms with van der Waals surface area (Å²) < 4.78 is 8.63. The predicted molar refractivity (Wildman–Crippen MR) is 123 cm³/mol. The molecule has 0 atom stereocenters. The van der Waals surface area contributed by atoms with Crippen molar-refractivity contribution < 1.29 is 9.32 Å². The maximum atomic E-state index is 12.9. The summed E-state index contributed by atoms with van der Waals surface area (Å²) >= 11 is 18.7. The standard InChI is InChI=1S/C21H19Cl3N6O2/c1-11-19(24)12(2)30(26-11)10-14-13(3)32-28-20(14)21(31)25-18-7-8-29(27-18)9-15-16(22)5-4-6-17(15)23/h4-8H,9-10H2,1-3H3,(H,25,27,31). The van der Waals surface area contributed by atoms with E-state index >= 15 is 0 Å². The van der Waals surface area contributed by atoms with Gasteiger partial charge in [0.25, 0.3) is 5.91 Å². The second-order valence-electron chi connectivity index (χ2n) is 7.26. The molecule has 0 saturated carbocycles. The van der Waals surface area contributed by atoms with E-state index in [0.717, 1.165) is 11.3 Å². The first kappa shape index (κ1) is 22.4. The van der Waals surface area contributed by atoms with Crippen molar-refractivity contribution in [2.24, 2.45) is 0 Å². The van der Waals surface area contributed by atoms with Gasteiger partial charge in [-0.25, -0.2) is 0 Å². The van der Waals surface area contributed by atoms with Gasteiger partial charge in [0.05, 0.1) is 29.5 Å². The molecule has 0 aliphatic rings. The van der Waals surface area contributed by atoms with E-state index < -0.39 is 5.91 Å². The molecule has 1 N–H and O–H groups in total. The van der Waals surface area contributed by atoms with Crippen molar-refractivity contribution >= 4 is 46.5 Å². The Morgan fingerprint density at radius 3 is 2.41 bits per heavy atom. The van der Waals surface area contributed by atoms with Crippen LogP contribution in [0.5, 0.6) is 0 Å². The summed E-state index contributed by atoms with van der Waals surface area (Å²) in [6.45, 7) is 6.10. The molecule has 3 aromatic heterocycles. The van der Waals surface area contributed by atoms with Crippen LogP contribution in [0.15, 0.2) is 35.0 Å². The minimum absolute atomic E-state index is 0.162. The summed E-state index contributed by atoms with van der Waals surface area (Å²) in [6, 6.07) is 6.98. The zero-order chi connectivity index (χ0) is 23.0. The molecule has 1 amide bonds. The van der Waals surface area contributed by atoms with Crippen molar-refractivity contribution in [3.05, 3.63) is 79.5 Å². The van der Waals surface area contributed by atoms with Crippen LogP contribution >= 0.6 is 34.8 Å². The molecule has 4 aromatic rings. The molecule has 11 heteroatoms. The normalized spacial score (nSPS) is 11.2. The number of nitrogens with one attached hydrogen (secondary N) is 1. The third-order valence-electron chi connectivity index (χ3n) is 5.06. The van der Waals surface area contributed by atoms with Crippen LogP contribution < -0.4 is 5.32 Å². The number of amides is 1. The molecule has 0 bridgehead atoms. The zero-order valence-electron chi connectivity index (χ0n) is 17.5. The van der Waals surface area contributed by atoms with Gasteiger partial charge in [0.1, 0.15) is 5.76 Å². The topological polar surface area (TPSA) is 90.8 Å². The van der Waals surface area contributed by atoms with E-state index in [1.54, 1.807) is 46.7 Å². The van der Waals surface area contributed by atoms with Gasteiger partial charge in [0, 0.05) is 33.4 Å². The number of halogens is 3. The molecule has 0 spiro atoms. The number of carbonyl (C=O) groups excluding carboxylic acids is 1. The lowest BCUT2D eigenvalue weighted by molar-refractivity contribution is 0.101. The fourth-order valence-corrected chi connectivity index (χ4v) is 3.92. The Morgan fingerprint density at radius 1 is 1.03 bits per heavy atom. The zero-order valence-corrected chi connectivity index (χ0v) is 19.8. The van der Waals surface area contributed by atoms with Crippen molar-refractivity contribution in [1.29, 1.82) is 0 Å². The number of carbonyl (C=O) groups is 1. The molecular weight excluding hydrogens is 475 g/mol. The molecule has 4 rings (SSSR count). The Balaban J connectivity index is 1.51. The first-order chi connectivity index (χ1) is 15.2. The first-order valence-corrected chi connectivity index (χ1v) is 10.8. The van der Waals surface area contributed by atoms with E-state index in [1.165, 1.54) is 0 Å². The van der Waals surface area contributed by atoms with Crippen LogP contribution in [0, 0.1) is 20.8 Å². The summed E-state index contributed by atoms with van der Waals surface area (Å²) in [7, 11) is 0. The minimum Gasteiger partial charge on any atom is -0.361 e. The van der Waals surface area contributed by atoms with Gasteiger partial charge in [-0.1, -0.05) is 46.0 Å². The predicted octanol–water partition coefficient (Wildman–Crippen LogP) is 5.30. The number of hydrogen-bond donors (Lipinski definition) is 1. The minimum atomic E-state index is -0.439. The highest BCUT2D eigenvalue weighted by Crippen LogP contribution is 2.26. The van der Waals surface area contributed by atoms with E-state index in [4.69, 9.17) is 39.3 Å². The van der Waals surface area contributed by atoms with Crippen LogP contribution in [0.1, 0.15) is 38.8 Å². The third-order valence-corrected chi connectivity index (χ3v) is 6.32. The molecular formula is C21H19Cl3N6O2. The van der Waals surface area contributed by atoms with Gasteiger partial charge in [-0.3, -0.25) is 14.2 Å². The number of anilines is 1. The maximum Gasteiger partial charge on any atom is 0.279 e. The Labute approximate surface area is 199 Å². The number of aryl methyl sites for hydroxylation is 2. The second-order valence-corrected chi connectivity index (χ2v) is 8.45. The van der Waals surface area contributed by atoms with E-state index in [2.05, 4.69) is 20.7 Å². The average Bonchev–Trinajstić information content (AvgIpc) is 3.41. The first-order valence-electron chi connectivity index (χ1n) is 9.67. The fourth-order valence-electron chi connectivity index (χ4n) is 3.27. The summed E-state index contributed by atoms with van der Waals surface area (Å²) in [5.74, 6) is 0.446. The van der Waals surface area contributed by atoms with Gasteiger partial charge in [-0.15, -0.1) is 0 Å². The fraction of sp³-hybridized carbons (Fsp3) is 0.238. The van der Waals surface area contributed by atoms with Crippen LogP contribution in [-0.2, 0) is 13.1 Å². The average molecular weight is 494 g/mol. The van der Waals surface area contributed by atoms with E-state index in [9.17, 15) is 4.79 Å². The Bertz CT molecular complexity index is 1290. The molecule has 0 fully saturated rings. The summed E-state index contributed by atoms with van der Waals surface area (Å²) in [5.41, 5.74) is 3.04. The van der Waals surface area contributed by atoms with Gasteiger partial charge in [-0.05, 0) is 32.9 Å². The molecule has 8 nitrogen and oxygen atoms in total. The van der Waals surface area contributed by atoms with Crippen LogP contribution in [0.4, 0.5) is 5.82 Å². The van der Waals surface area contributed by atoms with Crippen molar-refractivity contribution in [2.45, 2.75) is 33.9 Å². The molecule has 0 unspecified atom stereocenters. The number of aromatic nitrogens is 5. The highest BCUT2D eigenvalue weighted by atomic mass is 35.5. The molecule has 0 radical (unpaired) electrons. The van der Waals surface area contributed by atoms with Crippen molar-refractivity contribution in [3.63, 3.8) is 0 Å². The smallest absolute Gasteiger partial charge is 0.279 e. The van der Waals surface area contributed by atoms with Crippen LogP contribution in [0.2, 0.25) is 15.1 Å². The quantitative estimate of drug-likeness (QED) is 0.393. The van der Waals surface area contributed by atoms with E-state index in [1.807, 2.05) is 13.8 Å². The SMILES string of the molecule is Cc1nn(Cc2c(C(=O)Nc3ccn(Cc4c(Cl)cccc4Cl)n3)noc2C)c(C)c1Cl. The summed E-state index contributed by atoms with van der Waals surface area (Å²) in [4.78, 5) is 12.9. The lowest BCUT2D eigenvalue weighted by Gasteiger charge is -2.07. The lowest BCUT2D eigenvalue weighted by Crippen LogP contribution is -2.17. The highest BCUT2D eigenvalue weighted by Gasteiger charge is 2.22. The van der Waals surface area contributed by atoms with Crippen molar-refractivity contribution in [1.82, 2.24) is 24.7 Å². The largest absolute Gasteiger partial charge is 0.361 e. The lowest BCUT2D eigenvalue weighted by atomic mass is 10.2. The monoisotopic (exact) mass is 492 g/mol. The van der Waals surface area contributed by atoms with Gasteiger partial charge < -0.3 is 9.84 Å². The molecule has 32 heavy (non-hydrogen) atoms. The molecule has 0 aliphatic heterocycles. The third kappa shape index (κ3) is 4.39. The maximum absolute atomic E-state index is 12.9. The van der Waals surface area contributed by atoms with Crippen molar-refractivity contribution in [3.8, 4) is 0 Å². The molecule has 0 aliphatic carbocycles. The van der Waals surface area contributed by atoms with Gasteiger partial charge in [-0.2, -0.15) is 10.2 Å². The highest BCUT2D eigenvalue weighted by molar-refractivity contribution is 6.36. The van der Waals surface area contributed by atoms with Crippen molar-refractivity contribution in [2.75, 3.05) is 5.32 Å². The van der Waals surface area contributed by atoms with Crippen LogP contribution in [-0.4, -0.2) is 30.6 Å². The Kier molecular flexibility index (Phi) is 6.28. The number of benzene rings is 1. The molecule has 3 heterocycles. The molecule has 0 saturated heterocycles. The Hall–Kier alpha value is -2.81.